The molecule has 3 heteroatoms. The fraction of sp³-hybridized carbons (Fsp3) is 0.533. The number of hydrogen-bond donors (Lipinski definition) is 0. The molecule has 0 atom stereocenters. The second kappa shape index (κ2) is 5.30. The third-order valence-corrected chi connectivity index (χ3v) is 3.34. The number of methoxy groups -OCH3 is 1. The van der Waals surface area contributed by atoms with Gasteiger partial charge in [-0.1, -0.05) is 19.9 Å². The molecule has 0 heterocycles. The van der Waals surface area contributed by atoms with Crippen molar-refractivity contribution in [2.75, 3.05) is 19.1 Å². The summed E-state index contributed by atoms with van der Waals surface area (Å²) in [6.45, 7) is 8.10. The topological polar surface area (TPSA) is 36.3 Å². The zero-order valence-electron chi connectivity index (χ0n) is 12.1. The van der Waals surface area contributed by atoms with Crippen LogP contribution >= 0.6 is 0 Å². The minimum atomic E-state index is -0.567. The van der Waals surface area contributed by atoms with Crippen LogP contribution in [-0.4, -0.2) is 19.7 Å². The minimum absolute atomic E-state index is 0.452. The zero-order valence-corrected chi connectivity index (χ0v) is 12.1. The summed E-state index contributed by atoms with van der Waals surface area (Å²) in [6.07, 6.45) is 0. The Morgan fingerprint density at radius 1 is 1.33 bits per heavy atom. The van der Waals surface area contributed by atoms with Gasteiger partial charge in [-0.15, -0.1) is 0 Å². The molecule has 0 bridgehead atoms. The van der Waals surface area contributed by atoms with Crippen molar-refractivity contribution in [1.29, 1.82) is 5.26 Å². The molecule has 0 amide bonds. The van der Waals surface area contributed by atoms with Crippen LogP contribution in [0.4, 0.5) is 5.69 Å². The van der Waals surface area contributed by atoms with E-state index in [9.17, 15) is 5.26 Å². The first-order valence-corrected chi connectivity index (χ1v) is 6.16. The predicted molar refractivity (Wildman–Crippen MR) is 75.2 cm³/mol. The van der Waals surface area contributed by atoms with Crippen molar-refractivity contribution in [3.05, 3.63) is 23.8 Å². The largest absolute Gasteiger partial charge is 0.495 e. The van der Waals surface area contributed by atoms with Crippen LogP contribution in [0.5, 0.6) is 5.75 Å². The van der Waals surface area contributed by atoms with Crippen LogP contribution in [0.3, 0.4) is 0 Å². The molecule has 1 rings (SSSR count). The van der Waals surface area contributed by atoms with E-state index in [1.165, 1.54) is 5.56 Å². The van der Waals surface area contributed by atoms with E-state index < -0.39 is 5.54 Å². The lowest BCUT2D eigenvalue weighted by Gasteiger charge is -2.32. The smallest absolute Gasteiger partial charge is 0.142 e. The van der Waals surface area contributed by atoms with Crippen LogP contribution in [0.2, 0.25) is 0 Å². The summed E-state index contributed by atoms with van der Waals surface area (Å²) >= 11 is 0. The van der Waals surface area contributed by atoms with Gasteiger partial charge in [0.1, 0.15) is 11.3 Å². The van der Waals surface area contributed by atoms with Gasteiger partial charge in [0.15, 0.2) is 0 Å². The Morgan fingerprint density at radius 3 is 2.39 bits per heavy atom. The Bertz CT molecular complexity index is 458. The van der Waals surface area contributed by atoms with Crippen molar-refractivity contribution in [3.63, 3.8) is 0 Å². The molecule has 1 aromatic rings. The van der Waals surface area contributed by atoms with Crippen molar-refractivity contribution >= 4 is 5.69 Å². The highest BCUT2D eigenvalue weighted by Gasteiger charge is 2.25. The lowest BCUT2D eigenvalue weighted by molar-refractivity contribution is 0.412. The number of rotatable bonds is 4. The molecule has 0 saturated carbocycles. The Hall–Kier alpha value is -1.69. The maximum atomic E-state index is 9.24. The second-order valence-corrected chi connectivity index (χ2v) is 5.32. The lowest BCUT2D eigenvalue weighted by Crippen LogP contribution is -2.40. The van der Waals surface area contributed by atoms with Crippen molar-refractivity contribution in [1.82, 2.24) is 0 Å². The first kappa shape index (κ1) is 14.4. The summed E-state index contributed by atoms with van der Waals surface area (Å²) in [4.78, 5) is 1.96. The van der Waals surface area contributed by atoms with Gasteiger partial charge in [-0.2, -0.15) is 5.26 Å². The van der Waals surface area contributed by atoms with Crippen molar-refractivity contribution in [2.45, 2.75) is 39.2 Å². The monoisotopic (exact) mass is 246 g/mol. The standard InChI is InChI=1S/C15H22N2O/c1-11(2)12-7-8-14(18-6)13(9-12)17(5)15(3,4)10-16/h7-9,11H,1-6H3. The van der Waals surface area contributed by atoms with Crippen LogP contribution in [0.15, 0.2) is 18.2 Å². The number of nitriles is 1. The molecule has 0 fully saturated rings. The van der Waals surface area contributed by atoms with Crippen molar-refractivity contribution < 1.29 is 4.74 Å². The van der Waals surface area contributed by atoms with Gasteiger partial charge in [0.05, 0.1) is 18.9 Å². The van der Waals surface area contributed by atoms with Crippen LogP contribution < -0.4 is 9.64 Å². The van der Waals surface area contributed by atoms with E-state index in [2.05, 4.69) is 32.0 Å². The van der Waals surface area contributed by atoms with E-state index in [1.54, 1.807) is 7.11 Å². The van der Waals surface area contributed by atoms with Crippen LogP contribution in [-0.2, 0) is 0 Å². The molecule has 0 aliphatic heterocycles. The highest BCUT2D eigenvalue weighted by atomic mass is 16.5. The second-order valence-electron chi connectivity index (χ2n) is 5.32. The average Bonchev–Trinajstić information content (AvgIpc) is 2.36. The average molecular weight is 246 g/mol. The third kappa shape index (κ3) is 2.76. The Kier molecular flexibility index (Phi) is 4.24. The summed E-state index contributed by atoms with van der Waals surface area (Å²) in [7, 11) is 3.58. The summed E-state index contributed by atoms with van der Waals surface area (Å²) in [5.74, 6) is 1.25. The molecular weight excluding hydrogens is 224 g/mol. The van der Waals surface area contributed by atoms with E-state index in [1.807, 2.05) is 31.9 Å². The number of ether oxygens (including phenoxy) is 1. The first-order valence-electron chi connectivity index (χ1n) is 6.16. The molecule has 0 aliphatic rings. The molecule has 0 spiro atoms. The molecule has 0 radical (unpaired) electrons. The van der Waals surface area contributed by atoms with Gasteiger partial charge in [-0.05, 0) is 37.5 Å². The maximum absolute atomic E-state index is 9.24. The number of hydrogen-bond acceptors (Lipinski definition) is 3. The summed E-state index contributed by atoms with van der Waals surface area (Å²) in [6, 6.07) is 8.45. The van der Waals surface area contributed by atoms with Gasteiger partial charge in [0, 0.05) is 7.05 Å². The molecule has 98 valence electrons. The third-order valence-electron chi connectivity index (χ3n) is 3.34. The number of anilines is 1. The Balaban J connectivity index is 3.29. The quantitative estimate of drug-likeness (QED) is 0.815. The Labute approximate surface area is 110 Å². The maximum Gasteiger partial charge on any atom is 0.142 e. The van der Waals surface area contributed by atoms with Gasteiger partial charge >= 0.3 is 0 Å². The fourth-order valence-electron chi connectivity index (χ4n) is 1.70. The highest BCUT2D eigenvalue weighted by molar-refractivity contribution is 5.62. The molecule has 0 aliphatic carbocycles. The molecule has 3 nitrogen and oxygen atoms in total. The molecule has 18 heavy (non-hydrogen) atoms. The molecular formula is C15H22N2O. The number of nitrogens with zero attached hydrogens (tertiary/aromatic N) is 2. The normalized spacial score (nSPS) is 11.2. The van der Waals surface area contributed by atoms with E-state index >= 15 is 0 Å². The molecule has 1 aromatic carbocycles. The van der Waals surface area contributed by atoms with Crippen LogP contribution in [0, 0.1) is 11.3 Å². The van der Waals surface area contributed by atoms with Gasteiger partial charge < -0.3 is 9.64 Å². The SMILES string of the molecule is COc1ccc(C(C)C)cc1N(C)C(C)(C)C#N. The summed E-state index contributed by atoms with van der Waals surface area (Å²) in [5, 5.41) is 9.24. The van der Waals surface area contributed by atoms with E-state index in [0.29, 0.717) is 5.92 Å². The summed E-state index contributed by atoms with van der Waals surface area (Å²) in [5.41, 5.74) is 1.63. The molecule has 0 saturated heterocycles. The van der Waals surface area contributed by atoms with Gasteiger partial charge in [0.25, 0.3) is 0 Å². The minimum Gasteiger partial charge on any atom is -0.495 e. The highest BCUT2D eigenvalue weighted by Crippen LogP contribution is 2.34. The van der Waals surface area contributed by atoms with E-state index in [4.69, 9.17) is 4.74 Å². The van der Waals surface area contributed by atoms with E-state index in [0.717, 1.165) is 11.4 Å². The first-order chi connectivity index (χ1) is 8.33. The predicted octanol–water partition coefficient (Wildman–Crippen LogP) is 3.56. The van der Waals surface area contributed by atoms with E-state index in [-0.39, 0.29) is 0 Å². The van der Waals surface area contributed by atoms with Gasteiger partial charge in [-0.25, -0.2) is 0 Å². The fourth-order valence-corrected chi connectivity index (χ4v) is 1.70. The van der Waals surface area contributed by atoms with Crippen LogP contribution in [0.25, 0.3) is 0 Å². The van der Waals surface area contributed by atoms with Crippen molar-refractivity contribution in [3.8, 4) is 11.8 Å². The van der Waals surface area contributed by atoms with Gasteiger partial charge in [0.2, 0.25) is 0 Å². The Morgan fingerprint density at radius 2 is 1.94 bits per heavy atom. The zero-order chi connectivity index (χ0) is 13.9. The van der Waals surface area contributed by atoms with Crippen LogP contribution in [0.1, 0.15) is 39.2 Å². The van der Waals surface area contributed by atoms with Gasteiger partial charge in [-0.3, -0.25) is 0 Å². The lowest BCUT2D eigenvalue weighted by atomic mass is 9.99. The van der Waals surface area contributed by atoms with Crippen molar-refractivity contribution in [2.24, 2.45) is 0 Å². The number of benzene rings is 1. The summed E-state index contributed by atoms with van der Waals surface area (Å²) < 4.78 is 5.39. The molecule has 0 unspecified atom stereocenters. The molecule has 0 aromatic heterocycles. The molecule has 0 N–H and O–H groups in total.